The Bertz CT molecular complexity index is 979. The van der Waals surface area contributed by atoms with Crippen molar-refractivity contribution in [2.75, 3.05) is 32.2 Å². The minimum Gasteiger partial charge on any atom is -0.493 e. The average molecular weight is 404 g/mol. The number of hydrogen-bond donors (Lipinski definition) is 0. The first kappa shape index (κ1) is 18.9. The molecule has 2 atom stereocenters. The zero-order chi connectivity index (χ0) is 20.1. The van der Waals surface area contributed by atoms with E-state index in [9.17, 15) is 8.42 Å². The smallest absolute Gasteiger partial charge is 0.243 e. The Hall–Kier alpha value is -2.39. The van der Waals surface area contributed by atoms with E-state index in [1.165, 1.54) is 20.3 Å². The summed E-state index contributed by atoms with van der Waals surface area (Å²) in [5, 5.41) is 0. The predicted octanol–water partition coefficient (Wildman–Crippen LogP) is 1.76. The normalized spacial score (nSPS) is 21.9. The molecular weight excluding hydrogens is 380 g/mol. The zero-order valence-electron chi connectivity index (χ0n) is 16.4. The number of rotatable bonds is 5. The number of piperazine rings is 1. The Morgan fingerprint density at radius 2 is 1.68 bits per heavy atom. The van der Waals surface area contributed by atoms with Crippen molar-refractivity contribution in [1.29, 1.82) is 0 Å². The third-order valence-corrected chi connectivity index (χ3v) is 7.33. The van der Waals surface area contributed by atoms with Crippen LogP contribution < -0.4 is 14.4 Å². The number of methoxy groups -OCH3 is 2. The van der Waals surface area contributed by atoms with Gasteiger partial charge in [-0.2, -0.15) is 4.31 Å². The molecule has 1 aromatic heterocycles. The van der Waals surface area contributed by atoms with E-state index in [0.717, 1.165) is 23.8 Å². The fourth-order valence-electron chi connectivity index (χ4n) is 4.11. The van der Waals surface area contributed by atoms with Crippen molar-refractivity contribution >= 4 is 15.8 Å². The Kier molecular flexibility index (Phi) is 4.67. The highest BCUT2D eigenvalue weighted by Crippen LogP contribution is 2.40. The molecule has 2 unspecified atom stereocenters. The molecule has 0 radical (unpaired) electrons. The third-order valence-electron chi connectivity index (χ3n) is 5.33. The minimum absolute atomic E-state index is 0.0626. The van der Waals surface area contributed by atoms with Crippen LogP contribution in [0.25, 0.3) is 0 Å². The number of aromatic nitrogens is 2. The molecule has 9 heteroatoms. The van der Waals surface area contributed by atoms with E-state index >= 15 is 0 Å². The molecule has 8 nitrogen and oxygen atoms in total. The second-order valence-electron chi connectivity index (χ2n) is 7.21. The Balaban J connectivity index is 1.57. The summed E-state index contributed by atoms with van der Waals surface area (Å²) in [6.07, 6.45) is 0.867. The van der Waals surface area contributed by atoms with Gasteiger partial charge >= 0.3 is 0 Å². The molecule has 1 aromatic carbocycles. The van der Waals surface area contributed by atoms with Gasteiger partial charge in [0, 0.05) is 43.0 Å². The molecule has 0 aliphatic carbocycles. The molecule has 2 aromatic rings. The number of sulfonamides is 1. The van der Waals surface area contributed by atoms with Gasteiger partial charge in [-0.25, -0.2) is 18.4 Å². The first-order chi connectivity index (χ1) is 13.3. The van der Waals surface area contributed by atoms with Crippen LogP contribution in [-0.4, -0.2) is 62.1 Å². The van der Waals surface area contributed by atoms with Crippen molar-refractivity contribution in [3.05, 3.63) is 35.8 Å². The van der Waals surface area contributed by atoms with E-state index < -0.39 is 10.0 Å². The van der Waals surface area contributed by atoms with Crippen LogP contribution in [0.5, 0.6) is 11.5 Å². The Morgan fingerprint density at radius 1 is 1.00 bits per heavy atom. The summed E-state index contributed by atoms with van der Waals surface area (Å²) in [7, 11) is -0.582. The van der Waals surface area contributed by atoms with Gasteiger partial charge in [-0.1, -0.05) is 0 Å². The van der Waals surface area contributed by atoms with Crippen LogP contribution >= 0.6 is 0 Å². The molecule has 5 rings (SSSR count). The van der Waals surface area contributed by atoms with Crippen molar-refractivity contribution in [3.8, 4) is 11.5 Å². The quantitative estimate of drug-likeness (QED) is 0.751. The SMILES string of the molecule is COc1ccc(S(=O)(=O)N2C3CC2CN(c2cc(C)nc(C)n2)C3)cc1OC. The van der Waals surface area contributed by atoms with Gasteiger partial charge in [-0.3, -0.25) is 0 Å². The second kappa shape index (κ2) is 6.89. The molecule has 28 heavy (non-hydrogen) atoms. The molecule has 4 heterocycles. The fraction of sp³-hybridized carbons (Fsp3) is 0.474. The summed E-state index contributed by atoms with van der Waals surface area (Å²) >= 11 is 0. The molecule has 3 fully saturated rings. The topological polar surface area (TPSA) is 84.9 Å². The highest BCUT2D eigenvalue weighted by atomic mass is 32.2. The van der Waals surface area contributed by atoms with Gasteiger partial charge in [0.15, 0.2) is 11.5 Å². The molecule has 0 N–H and O–H groups in total. The lowest BCUT2D eigenvalue weighted by molar-refractivity contribution is 0.0874. The number of hydrogen-bond acceptors (Lipinski definition) is 7. The van der Waals surface area contributed by atoms with Gasteiger partial charge < -0.3 is 14.4 Å². The molecule has 3 aliphatic rings. The first-order valence-electron chi connectivity index (χ1n) is 9.16. The summed E-state index contributed by atoms with van der Waals surface area (Å²) in [6.45, 7) is 5.06. The molecule has 3 saturated heterocycles. The van der Waals surface area contributed by atoms with Gasteiger partial charge in [0.1, 0.15) is 11.6 Å². The summed E-state index contributed by atoms with van der Waals surface area (Å²) in [5.74, 6) is 2.50. The van der Waals surface area contributed by atoms with Gasteiger partial charge in [0.2, 0.25) is 10.0 Å². The minimum atomic E-state index is -3.60. The molecule has 0 spiro atoms. The average Bonchev–Trinajstić information content (AvgIpc) is 2.66. The first-order valence-corrected chi connectivity index (χ1v) is 10.6. The van der Waals surface area contributed by atoms with Crippen molar-refractivity contribution in [2.24, 2.45) is 0 Å². The number of piperidine rings is 1. The van der Waals surface area contributed by atoms with Crippen molar-refractivity contribution in [3.63, 3.8) is 0 Å². The summed E-state index contributed by atoms with van der Waals surface area (Å²) in [4.78, 5) is 11.2. The molecule has 2 bridgehead atoms. The number of ether oxygens (including phenoxy) is 2. The maximum atomic E-state index is 13.2. The number of nitrogens with zero attached hydrogens (tertiary/aromatic N) is 4. The van der Waals surface area contributed by atoms with E-state index in [1.807, 2.05) is 19.9 Å². The van der Waals surface area contributed by atoms with E-state index in [2.05, 4.69) is 14.9 Å². The second-order valence-corrected chi connectivity index (χ2v) is 9.06. The number of aryl methyl sites for hydroxylation is 2. The molecular formula is C19H24N4O4S. The lowest BCUT2D eigenvalue weighted by Gasteiger charge is -2.55. The van der Waals surface area contributed by atoms with Crippen molar-refractivity contribution < 1.29 is 17.9 Å². The number of fused-ring (bicyclic) bond motifs is 2. The van der Waals surface area contributed by atoms with Gasteiger partial charge in [-0.05, 0) is 32.4 Å². The largest absolute Gasteiger partial charge is 0.493 e. The molecule has 3 aliphatic heterocycles. The summed E-state index contributed by atoms with van der Waals surface area (Å²) in [5.41, 5.74) is 0.913. The van der Waals surface area contributed by atoms with E-state index in [-0.39, 0.29) is 17.0 Å². The Labute approximate surface area is 165 Å². The maximum Gasteiger partial charge on any atom is 0.243 e. The van der Waals surface area contributed by atoms with Crippen molar-refractivity contribution in [1.82, 2.24) is 14.3 Å². The summed E-state index contributed by atoms with van der Waals surface area (Å²) in [6, 6.07) is 6.54. The Morgan fingerprint density at radius 3 is 2.29 bits per heavy atom. The fourth-order valence-corrected chi connectivity index (χ4v) is 5.94. The monoisotopic (exact) mass is 404 g/mol. The van der Waals surface area contributed by atoms with E-state index in [0.29, 0.717) is 24.6 Å². The van der Waals surface area contributed by atoms with Crippen LogP contribution in [0.3, 0.4) is 0 Å². The van der Waals surface area contributed by atoms with Crippen LogP contribution in [0.2, 0.25) is 0 Å². The number of benzene rings is 1. The van der Waals surface area contributed by atoms with E-state index in [4.69, 9.17) is 9.47 Å². The van der Waals surface area contributed by atoms with Gasteiger partial charge in [-0.15, -0.1) is 0 Å². The van der Waals surface area contributed by atoms with Crippen LogP contribution in [0.1, 0.15) is 17.9 Å². The van der Waals surface area contributed by atoms with Crippen LogP contribution in [0.4, 0.5) is 5.82 Å². The third kappa shape index (κ3) is 3.08. The highest BCUT2D eigenvalue weighted by Gasteiger charge is 2.51. The molecule has 0 saturated carbocycles. The van der Waals surface area contributed by atoms with Crippen molar-refractivity contribution in [2.45, 2.75) is 37.2 Å². The lowest BCUT2D eigenvalue weighted by Crippen LogP contribution is -2.70. The predicted molar refractivity (Wildman–Crippen MR) is 104 cm³/mol. The van der Waals surface area contributed by atoms with Gasteiger partial charge in [0.25, 0.3) is 0 Å². The molecule has 0 amide bonds. The van der Waals surface area contributed by atoms with Crippen LogP contribution in [0, 0.1) is 13.8 Å². The zero-order valence-corrected chi connectivity index (χ0v) is 17.2. The van der Waals surface area contributed by atoms with Crippen LogP contribution in [0.15, 0.2) is 29.2 Å². The summed E-state index contributed by atoms with van der Waals surface area (Å²) < 4.78 is 38.6. The number of anilines is 1. The molecule has 150 valence electrons. The van der Waals surface area contributed by atoms with E-state index in [1.54, 1.807) is 16.4 Å². The highest BCUT2D eigenvalue weighted by molar-refractivity contribution is 7.89. The van der Waals surface area contributed by atoms with Gasteiger partial charge in [0.05, 0.1) is 19.1 Å². The maximum absolute atomic E-state index is 13.2. The van der Waals surface area contributed by atoms with Crippen LogP contribution in [-0.2, 0) is 10.0 Å². The standard InChI is InChI=1S/C19H24N4O4S/c1-12-7-19(21-13(2)20-12)22-10-14-8-15(11-22)23(14)28(24,25)16-5-6-17(26-3)18(9-16)27-4/h5-7,9,14-15H,8,10-11H2,1-4H3. The lowest BCUT2D eigenvalue weighted by atomic mass is 9.91.